The van der Waals surface area contributed by atoms with Crippen molar-refractivity contribution in [3.63, 3.8) is 0 Å². The molecule has 0 aliphatic heterocycles. The molecule has 1 aliphatic carbocycles. The lowest BCUT2D eigenvalue weighted by molar-refractivity contribution is -0.142. The topological polar surface area (TPSA) is 98.9 Å². The predicted octanol–water partition coefficient (Wildman–Crippen LogP) is 4.44. The largest absolute Gasteiger partial charge is 0.408 e. The van der Waals surface area contributed by atoms with Crippen LogP contribution in [0, 0.1) is 0 Å². The molecule has 2 aromatic heterocycles. The molecule has 0 atom stereocenters. The molecule has 4 aromatic rings. The van der Waals surface area contributed by atoms with Gasteiger partial charge in [-0.15, -0.1) is 0 Å². The minimum atomic E-state index is -4.35. The highest BCUT2D eigenvalue weighted by Gasteiger charge is 2.31. The molecule has 0 bridgehead atoms. The number of imidazole rings is 1. The van der Waals surface area contributed by atoms with Gasteiger partial charge in [0, 0.05) is 24.2 Å². The molecule has 5 rings (SSSR count). The van der Waals surface area contributed by atoms with Crippen molar-refractivity contribution in [1.82, 2.24) is 24.6 Å². The molecule has 1 aliphatic rings. The molecule has 0 radical (unpaired) electrons. The third kappa shape index (κ3) is 5.74. The van der Waals surface area contributed by atoms with Gasteiger partial charge in [0.05, 0.1) is 33.9 Å². The van der Waals surface area contributed by atoms with Crippen molar-refractivity contribution in [1.29, 1.82) is 0 Å². The van der Waals surface area contributed by atoms with Gasteiger partial charge in [-0.05, 0) is 54.8 Å². The molecule has 1 N–H and O–H groups in total. The Labute approximate surface area is 217 Å². The Bertz CT molecular complexity index is 1590. The van der Waals surface area contributed by atoms with E-state index in [1.807, 2.05) is 4.57 Å². The van der Waals surface area contributed by atoms with Crippen molar-refractivity contribution >= 4 is 26.8 Å². The quantitative estimate of drug-likeness (QED) is 0.335. The number of alkyl halides is 3. The van der Waals surface area contributed by atoms with Crippen LogP contribution >= 0.6 is 0 Å². The predicted molar refractivity (Wildman–Crippen MR) is 134 cm³/mol. The lowest BCUT2D eigenvalue weighted by Crippen LogP contribution is -2.22. The molecule has 0 spiro atoms. The van der Waals surface area contributed by atoms with Crippen LogP contribution in [-0.2, 0) is 29.5 Å². The molecule has 200 valence electrons. The number of nitrogens with zero attached hydrogens (tertiary/aromatic N) is 4. The minimum Gasteiger partial charge on any atom is -0.348 e. The van der Waals surface area contributed by atoms with Gasteiger partial charge in [0.2, 0.25) is 0 Å². The number of benzene rings is 2. The lowest BCUT2D eigenvalue weighted by Gasteiger charge is -2.09. The molecular weight excluding hydrogens is 519 g/mol. The number of halogens is 3. The number of hydrogen-bond acceptors (Lipinski definition) is 5. The van der Waals surface area contributed by atoms with Crippen LogP contribution in [0.3, 0.4) is 0 Å². The van der Waals surface area contributed by atoms with Crippen LogP contribution in [0.15, 0.2) is 59.6 Å². The van der Waals surface area contributed by atoms with Crippen molar-refractivity contribution in [2.45, 2.75) is 56.4 Å². The highest BCUT2D eigenvalue weighted by molar-refractivity contribution is 7.91. The Balaban J connectivity index is 1.32. The standard InChI is InChI=1S/C26H26F3N5O3S/c1-2-38(36,37)21-8-3-17(4-9-21)14-30-25(35)19-7-10-23-22(13-19)31-24(18-5-6-18)34(23)15-20-11-12-33(32-20)16-26(27,28)29/h3-4,7-13,18H,2,5-6,14-16H2,1H3,(H,30,35). The summed E-state index contributed by atoms with van der Waals surface area (Å²) in [5.74, 6) is 0.831. The lowest BCUT2D eigenvalue weighted by atomic mass is 10.1. The maximum Gasteiger partial charge on any atom is 0.408 e. The zero-order valence-corrected chi connectivity index (χ0v) is 21.4. The number of hydrogen-bond donors (Lipinski definition) is 1. The van der Waals surface area contributed by atoms with Gasteiger partial charge in [-0.3, -0.25) is 9.48 Å². The summed E-state index contributed by atoms with van der Waals surface area (Å²) in [4.78, 5) is 17.8. The number of fused-ring (bicyclic) bond motifs is 1. The highest BCUT2D eigenvalue weighted by atomic mass is 32.2. The van der Waals surface area contributed by atoms with E-state index in [0.29, 0.717) is 16.8 Å². The van der Waals surface area contributed by atoms with E-state index in [-0.39, 0.29) is 35.6 Å². The summed E-state index contributed by atoms with van der Waals surface area (Å²) in [6, 6.07) is 13.2. The normalized spacial score (nSPS) is 14.2. The van der Waals surface area contributed by atoms with Crippen LogP contribution in [-0.4, -0.2) is 45.6 Å². The second-order valence-electron chi connectivity index (χ2n) is 9.38. The minimum absolute atomic E-state index is 0.0189. The molecule has 2 aromatic carbocycles. The first-order valence-corrected chi connectivity index (χ1v) is 13.9. The van der Waals surface area contributed by atoms with Crippen molar-refractivity contribution in [3.05, 3.63) is 77.4 Å². The van der Waals surface area contributed by atoms with Gasteiger partial charge in [-0.25, -0.2) is 13.4 Å². The zero-order valence-electron chi connectivity index (χ0n) is 20.6. The third-order valence-electron chi connectivity index (χ3n) is 6.46. The van der Waals surface area contributed by atoms with E-state index in [0.717, 1.165) is 34.4 Å². The van der Waals surface area contributed by atoms with Crippen molar-refractivity contribution in [2.75, 3.05) is 5.75 Å². The van der Waals surface area contributed by atoms with Crippen molar-refractivity contribution < 1.29 is 26.4 Å². The van der Waals surface area contributed by atoms with Crippen LogP contribution in [0.1, 0.15) is 53.1 Å². The summed E-state index contributed by atoms with van der Waals surface area (Å²) in [5.41, 5.74) is 3.09. The molecule has 0 unspecified atom stereocenters. The molecule has 1 amide bonds. The Hall–Kier alpha value is -3.67. The average Bonchev–Trinajstić information content (AvgIpc) is 3.54. The van der Waals surface area contributed by atoms with Gasteiger partial charge in [0.25, 0.3) is 5.91 Å². The Morgan fingerprint density at radius 2 is 1.84 bits per heavy atom. The molecule has 1 saturated carbocycles. The summed E-state index contributed by atoms with van der Waals surface area (Å²) >= 11 is 0. The van der Waals surface area contributed by atoms with Gasteiger partial charge in [0.15, 0.2) is 9.84 Å². The molecule has 0 saturated heterocycles. The molecule has 1 fully saturated rings. The first-order valence-electron chi connectivity index (χ1n) is 12.2. The Morgan fingerprint density at radius 3 is 2.50 bits per heavy atom. The first kappa shape index (κ1) is 26.0. The fourth-order valence-electron chi connectivity index (χ4n) is 4.30. The van der Waals surface area contributed by atoms with Crippen LogP contribution in [0.4, 0.5) is 13.2 Å². The summed E-state index contributed by atoms with van der Waals surface area (Å²) in [5, 5.41) is 6.91. The van der Waals surface area contributed by atoms with E-state index in [1.54, 1.807) is 43.3 Å². The van der Waals surface area contributed by atoms with Gasteiger partial charge in [0.1, 0.15) is 12.4 Å². The second kappa shape index (κ2) is 9.90. The van der Waals surface area contributed by atoms with Gasteiger partial charge in [-0.2, -0.15) is 18.3 Å². The van der Waals surface area contributed by atoms with E-state index in [4.69, 9.17) is 4.98 Å². The van der Waals surface area contributed by atoms with Gasteiger partial charge < -0.3 is 9.88 Å². The summed E-state index contributed by atoms with van der Waals surface area (Å²) < 4.78 is 64.9. The maximum atomic E-state index is 12.8. The molecule has 38 heavy (non-hydrogen) atoms. The number of sulfone groups is 1. The number of nitrogens with one attached hydrogen (secondary N) is 1. The smallest absolute Gasteiger partial charge is 0.348 e. The summed E-state index contributed by atoms with van der Waals surface area (Å²) in [6.45, 7) is 0.949. The van der Waals surface area contributed by atoms with E-state index >= 15 is 0 Å². The molecule has 12 heteroatoms. The van der Waals surface area contributed by atoms with E-state index in [2.05, 4.69) is 10.4 Å². The highest BCUT2D eigenvalue weighted by Crippen LogP contribution is 2.41. The van der Waals surface area contributed by atoms with Crippen LogP contribution < -0.4 is 5.32 Å². The van der Waals surface area contributed by atoms with Crippen LogP contribution in [0.5, 0.6) is 0 Å². The van der Waals surface area contributed by atoms with E-state index in [1.165, 1.54) is 18.3 Å². The molecule has 2 heterocycles. The van der Waals surface area contributed by atoms with Crippen molar-refractivity contribution in [3.8, 4) is 0 Å². The number of rotatable bonds is 9. The van der Waals surface area contributed by atoms with Gasteiger partial charge >= 0.3 is 6.18 Å². The Kier molecular flexibility index (Phi) is 6.76. The first-order chi connectivity index (χ1) is 18.0. The van der Waals surface area contributed by atoms with Crippen molar-refractivity contribution in [2.24, 2.45) is 0 Å². The Morgan fingerprint density at radius 1 is 1.11 bits per heavy atom. The monoisotopic (exact) mass is 545 g/mol. The second-order valence-corrected chi connectivity index (χ2v) is 11.7. The van der Waals surface area contributed by atoms with E-state index < -0.39 is 22.6 Å². The van der Waals surface area contributed by atoms with Crippen LogP contribution in [0.25, 0.3) is 11.0 Å². The number of aromatic nitrogens is 4. The maximum absolute atomic E-state index is 12.8. The fourth-order valence-corrected chi connectivity index (χ4v) is 5.18. The summed E-state index contributed by atoms with van der Waals surface area (Å²) in [6.07, 6.45) is -1.06. The van der Waals surface area contributed by atoms with E-state index in [9.17, 15) is 26.4 Å². The number of carbonyl (C=O) groups excluding carboxylic acids is 1. The van der Waals surface area contributed by atoms with Gasteiger partial charge in [-0.1, -0.05) is 19.1 Å². The number of carbonyl (C=O) groups is 1. The fraction of sp³-hybridized carbons (Fsp3) is 0.346. The molecular formula is C26H26F3N5O3S. The zero-order chi connectivity index (χ0) is 27.1. The third-order valence-corrected chi connectivity index (χ3v) is 8.21. The summed E-state index contributed by atoms with van der Waals surface area (Å²) in [7, 11) is -3.29. The average molecular weight is 546 g/mol. The SMILES string of the molecule is CCS(=O)(=O)c1ccc(CNC(=O)c2ccc3c(c2)nc(C2CC2)n3Cc2ccn(CC(F)(F)F)n2)cc1. The van der Waals surface area contributed by atoms with Crippen LogP contribution in [0.2, 0.25) is 0 Å². The number of amides is 1. The molecule has 8 nitrogen and oxygen atoms in total.